The number of hydrogen-bond acceptors (Lipinski definition) is 5. The Kier molecular flexibility index (Phi) is 4.42. The Morgan fingerprint density at radius 1 is 1.18 bits per heavy atom. The van der Waals surface area contributed by atoms with Gasteiger partial charge in [0, 0.05) is 6.04 Å². The summed E-state index contributed by atoms with van der Waals surface area (Å²) in [5, 5.41) is 0. The van der Waals surface area contributed by atoms with Crippen LogP contribution in [0, 0.1) is 0 Å². The average molecular weight is 359 g/mol. The van der Waals surface area contributed by atoms with Crippen LogP contribution in [0.3, 0.4) is 0 Å². The van der Waals surface area contributed by atoms with Gasteiger partial charge in [0.1, 0.15) is 5.75 Å². The van der Waals surface area contributed by atoms with Crippen LogP contribution in [0.1, 0.15) is 6.42 Å². The van der Waals surface area contributed by atoms with Crippen LogP contribution < -0.4 is 9.46 Å². The van der Waals surface area contributed by atoms with Gasteiger partial charge in [0.15, 0.2) is 9.84 Å². The molecule has 11 heteroatoms. The summed E-state index contributed by atoms with van der Waals surface area (Å²) in [5.74, 6) is -0.935. The standard InChI is InChI=1S/C11H12F3NO5S2/c12-11(13,14)20-9-1-3-10(4-2-9)22(18,19)15-8-5-6-21(16,17)7-8/h1-4,8,15H,5-7H2/t8-/m0/s1. The first kappa shape index (κ1) is 17.0. The number of hydrogen-bond donors (Lipinski definition) is 1. The van der Waals surface area contributed by atoms with Crippen LogP contribution in [0.4, 0.5) is 13.2 Å². The third-order valence-corrected chi connectivity index (χ3v) is 6.23. The molecule has 1 aliphatic heterocycles. The maximum atomic E-state index is 12.0. The molecular formula is C11H12F3NO5S2. The molecule has 0 bridgehead atoms. The number of sulfone groups is 1. The molecule has 1 saturated heterocycles. The monoisotopic (exact) mass is 359 g/mol. The number of sulfonamides is 1. The number of halogens is 3. The molecule has 0 aromatic heterocycles. The summed E-state index contributed by atoms with van der Waals surface area (Å²) in [5.41, 5.74) is 0. The third-order valence-electron chi connectivity index (χ3n) is 2.92. The lowest BCUT2D eigenvalue weighted by atomic mass is 10.3. The van der Waals surface area contributed by atoms with Crippen molar-refractivity contribution in [1.82, 2.24) is 4.72 Å². The van der Waals surface area contributed by atoms with E-state index in [4.69, 9.17) is 0 Å². The van der Waals surface area contributed by atoms with Crippen LogP contribution in [-0.4, -0.2) is 40.7 Å². The molecule has 0 amide bonds. The van der Waals surface area contributed by atoms with Crippen LogP contribution in [-0.2, 0) is 19.9 Å². The Hall–Kier alpha value is -1.33. The van der Waals surface area contributed by atoms with Crippen molar-refractivity contribution in [2.24, 2.45) is 0 Å². The van der Waals surface area contributed by atoms with Crippen molar-refractivity contribution < 1.29 is 34.7 Å². The van der Waals surface area contributed by atoms with Crippen LogP contribution in [0.15, 0.2) is 29.2 Å². The van der Waals surface area contributed by atoms with Crippen molar-refractivity contribution >= 4 is 19.9 Å². The predicted octanol–water partition coefficient (Wildman–Crippen LogP) is 1.05. The van der Waals surface area contributed by atoms with Gasteiger partial charge in [-0.2, -0.15) is 0 Å². The zero-order valence-electron chi connectivity index (χ0n) is 11.0. The van der Waals surface area contributed by atoms with Gasteiger partial charge in [-0.3, -0.25) is 0 Å². The minimum atomic E-state index is -4.86. The van der Waals surface area contributed by atoms with E-state index in [0.717, 1.165) is 24.3 Å². The molecule has 6 nitrogen and oxygen atoms in total. The molecule has 124 valence electrons. The molecular weight excluding hydrogens is 347 g/mol. The van der Waals surface area contributed by atoms with Gasteiger partial charge in [0.25, 0.3) is 0 Å². The van der Waals surface area contributed by atoms with E-state index in [1.165, 1.54) is 0 Å². The Morgan fingerprint density at radius 2 is 1.77 bits per heavy atom. The molecule has 1 aromatic rings. The van der Waals surface area contributed by atoms with E-state index in [1.54, 1.807) is 0 Å². The fraction of sp³-hybridized carbons (Fsp3) is 0.455. The molecule has 1 fully saturated rings. The van der Waals surface area contributed by atoms with E-state index in [2.05, 4.69) is 9.46 Å². The lowest BCUT2D eigenvalue weighted by Gasteiger charge is -2.12. The summed E-state index contributed by atoms with van der Waals surface area (Å²) >= 11 is 0. The predicted molar refractivity (Wildman–Crippen MR) is 70.5 cm³/mol. The normalized spacial score (nSPS) is 21.7. The maximum absolute atomic E-state index is 12.0. The summed E-state index contributed by atoms with van der Waals surface area (Å²) in [6.07, 6.45) is -4.70. The van der Waals surface area contributed by atoms with Crippen molar-refractivity contribution in [1.29, 1.82) is 0 Å². The molecule has 1 aromatic carbocycles. The zero-order valence-corrected chi connectivity index (χ0v) is 12.6. The van der Waals surface area contributed by atoms with Crippen molar-refractivity contribution in [3.63, 3.8) is 0 Å². The summed E-state index contributed by atoms with van der Waals surface area (Å²) in [6.45, 7) is 0. The van der Waals surface area contributed by atoms with Gasteiger partial charge in [-0.15, -0.1) is 13.2 Å². The fourth-order valence-electron chi connectivity index (χ4n) is 2.00. The van der Waals surface area contributed by atoms with E-state index in [-0.39, 0.29) is 22.8 Å². The molecule has 0 unspecified atom stereocenters. The summed E-state index contributed by atoms with van der Waals surface area (Å²) in [7, 11) is -7.25. The molecule has 22 heavy (non-hydrogen) atoms. The number of benzene rings is 1. The van der Waals surface area contributed by atoms with Crippen molar-refractivity contribution in [2.45, 2.75) is 23.7 Å². The number of alkyl halides is 3. The van der Waals surface area contributed by atoms with E-state index >= 15 is 0 Å². The first-order valence-electron chi connectivity index (χ1n) is 6.05. The van der Waals surface area contributed by atoms with Gasteiger partial charge < -0.3 is 4.74 Å². The lowest BCUT2D eigenvalue weighted by Crippen LogP contribution is -2.35. The third kappa shape index (κ3) is 4.58. The molecule has 0 aliphatic carbocycles. The highest BCUT2D eigenvalue weighted by molar-refractivity contribution is 7.92. The maximum Gasteiger partial charge on any atom is 0.573 e. The molecule has 1 atom stereocenters. The summed E-state index contributed by atoms with van der Waals surface area (Å²) in [4.78, 5) is -0.272. The van der Waals surface area contributed by atoms with Crippen LogP contribution in [0.2, 0.25) is 0 Å². The van der Waals surface area contributed by atoms with Gasteiger partial charge in [0.2, 0.25) is 10.0 Å². The van der Waals surface area contributed by atoms with Gasteiger partial charge in [-0.05, 0) is 30.7 Å². The summed E-state index contributed by atoms with van der Waals surface area (Å²) < 4.78 is 88.5. The van der Waals surface area contributed by atoms with Crippen molar-refractivity contribution in [2.75, 3.05) is 11.5 Å². The largest absolute Gasteiger partial charge is 0.573 e. The average Bonchev–Trinajstić information content (AvgIpc) is 2.66. The van der Waals surface area contributed by atoms with Crippen LogP contribution >= 0.6 is 0 Å². The van der Waals surface area contributed by atoms with Crippen LogP contribution in [0.25, 0.3) is 0 Å². The van der Waals surface area contributed by atoms with Crippen molar-refractivity contribution in [3.05, 3.63) is 24.3 Å². The second-order valence-electron chi connectivity index (χ2n) is 4.74. The van der Waals surface area contributed by atoms with Gasteiger partial charge in [-0.25, -0.2) is 21.6 Å². The van der Waals surface area contributed by atoms with E-state index in [0.29, 0.717) is 0 Å². The number of nitrogens with one attached hydrogen (secondary N) is 1. The van der Waals surface area contributed by atoms with E-state index in [1.807, 2.05) is 0 Å². The fourth-order valence-corrected chi connectivity index (χ4v) is 5.05. The molecule has 2 rings (SSSR count). The quantitative estimate of drug-likeness (QED) is 0.868. The highest BCUT2D eigenvalue weighted by atomic mass is 32.2. The first-order chi connectivity index (χ1) is 9.97. The smallest absolute Gasteiger partial charge is 0.406 e. The van der Waals surface area contributed by atoms with E-state index < -0.39 is 38.0 Å². The second kappa shape index (κ2) is 5.70. The van der Waals surface area contributed by atoms with Crippen molar-refractivity contribution in [3.8, 4) is 5.75 Å². The molecule has 1 aliphatic rings. The molecule has 0 saturated carbocycles. The minimum Gasteiger partial charge on any atom is -0.406 e. The van der Waals surface area contributed by atoms with Gasteiger partial charge in [0.05, 0.1) is 16.4 Å². The first-order valence-corrected chi connectivity index (χ1v) is 9.36. The SMILES string of the molecule is O=S1(=O)CC[C@H](NS(=O)(=O)c2ccc(OC(F)(F)F)cc2)C1. The minimum absolute atomic E-state index is 0.0987. The number of rotatable bonds is 4. The molecule has 1 N–H and O–H groups in total. The highest BCUT2D eigenvalue weighted by Gasteiger charge is 2.32. The second-order valence-corrected chi connectivity index (χ2v) is 8.68. The van der Waals surface area contributed by atoms with E-state index in [9.17, 15) is 30.0 Å². The summed E-state index contributed by atoms with van der Waals surface area (Å²) in [6, 6.07) is 2.90. The lowest BCUT2D eigenvalue weighted by molar-refractivity contribution is -0.274. The Morgan fingerprint density at radius 3 is 2.23 bits per heavy atom. The van der Waals surface area contributed by atoms with Crippen LogP contribution in [0.5, 0.6) is 5.75 Å². The topological polar surface area (TPSA) is 89.5 Å². The zero-order chi connectivity index (χ0) is 16.6. The molecule has 0 spiro atoms. The Labute approximate surface area is 125 Å². The Balaban J connectivity index is 2.10. The molecule has 1 heterocycles. The van der Waals surface area contributed by atoms with Gasteiger partial charge >= 0.3 is 6.36 Å². The highest BCUT2D eigenvalue weighted by Crippen LogP contribution is 2.24. The number of ether oxygens (including phenoxy) is 1. The van der Waals surface area contributed by atoms with Gasteiger partial charge in [-0.1, -0.05) is 0 Å². The Bertz CT molecular complexity index is 741. The molecule has 0 radical (unpaired) electrons.